The quantitative estimate of drug-likeness (QED) is 0.767. The first-order valence-corrected chi connectivity index (χ1v) is 6.69. The summed E-state index contributed by atoms with van der Waals surface area (Å²) in [6.07, 6.45) is 3.70. The Morgan fingerprint density at radius 2 is 2.20 bits per heavy atom. The molecule has 0 amide bonds. The molecule has 1 aromatic rings. The highest BCUT2D eigenvalue weighted by atomic mass is 32.1. The smallest absolute Gasteiger partial charge is 0.142 e. The minimum absolute atomic E-state index is 0.685. The molecule has 0 aromatic carbocycles. The summed E-state index contributed by atoms with van der Waals surface area (Å²) in [7, 11) is 0. The van der Waals surface area contributed by atoms with Crippen molar-refractivity contribution in [3.8, 4) is 0 Å². The van der Waals surface area contributed by atoms with E-state index in [9.17, 15) is 0 Å². The molecule has 0 spiro atoms. The third-order valence-corrected chi connectivity index (χ3v) is 4.66. The normalized spacial score (nSPS) is 34.6. The summed E-state index contributed by atoms with van der Waals surface area (Å²) in [6.45, 7) is 5.96. The van der Waals surface area contributed by atoms with Crippen molar-refractivity contribution in [1.29, 1.82) is 0 Å². The Balaban J connectivity index is 1.81. The number of aryl methyl sites for hydroxylation is 1. The molecule has 2 bridgehead atoms. The van der Waals surface area contributed by atoms with Crippen LogP contribution in [0.4, 0.5) is 0 Å². The molecule has 3 aliphatic heterocycles. The van der Waals surface area contributed by atoms with Gasteiger partial charge in [0.15, 0.2) is 0 Å². The first-order chi connectivity index (χ1) is 7.36. The molecule has 1 aromatic heterocycles. The molecule has 1 atom stereocenters. The minimum atomic E-state index is 0.685. The minimum Gasteiger partial charge on any atom is -0.303 e. The molecular weight excluding hydrogens is 206 g/mol. The van der Waals surface area contributed by atoms with Crippen LogP contribution in [-0.4, -0.2) is 33.9 Å². The van der Waals surface area contributed by atoms with Gasteiger partial charge >= 0.3 is 0 Å². The molecule has 3 nitrogen and oxygen atoms in total. The van der Waals surface area contributed by atoms with Gasteiger partial charge in [0.05, 0.1) is 0 Å². The number of hydrogen-bond donors (Lipinski definition) is 0. The summed E-state index contributed by atoms with van der Waals surface area (Å²) in [6, 6.07) is 0. The maximum atomic E-state index is 4.65. The van der Waals surface area contributed by atoms with Crippen molar-refractivity contribution in [2.24, 2.45) is 5.92 Å². The Morgan fingerprint density at radius 3 is 2.73 bits per heavy atom. The van der Waals surface area contributed by atoms with Gasteiger partial charge in [0.25, 0.3) is 0 Å². The van der Waals surface area contributed by atoms with Crippen LogP contribution < -0.4 is 0 Å². The maximum absolute atomic E-state index is 4.65. The SMILES string of the molecule is CCc1nsc(C2CN3CCC2CC3)n1. The fourth-order valence-electron chi connectivity index (χ4n) is 2.81. The zero-order chi connectivity index (χ0) is 10.3. The van der Waals surface area contributed by atoms with Gasteiger partial charge in [0.2, 0.25) is 0 Å². The maximum Gasteiger partial charge on any atom is 0.142 e. The largest absolute Gasteiger partial charge is 0.303 e. The fraction of sp³-hybridized carbons (Fsp3) is 0.818. The second-order valence-corrected chi connectivity index (χ2v) is 5.43. The van der Waals surface area contributed by atoms with Crippen LogP contribution >= 0.6 is 11.5 Å². The lowest BCUT2D eigenvalue weighted by atomic mass is 9.79. The van der Waals surface area contributed by atoms with E-state index in [0.717, 1.165) is 18.2 Å². The first kappa shape index (κ1) is 9.73. The van der Waals surface area contributed by atoms with E-state index in [-0.39, 0.29) is 0 Å². The summed E-state index contributed by atoms with van der Waals surface area (Å²) >= 11 is 1.63. The van der Waals surface area contributed by atoms with Gasteiger partial charge in [-0.25, -0.2) is 4.98 Å². The second-order valence-electron chi connectivity index (χ2n) is 4.65. The van der Waals surface area contributed by atoms with Crippen LogP contribution in [-0.2, 0) is 6.42 Å². The van der Waals surface area contributed by atoms with E-state index in [0.29, 0.717) is 5.92 Å². The van der Waals surface area contributed by atoms with Gasteiger partial charge in [-0.05, 0) is 43.4 Å². The number of fused-ring (bicyclic) bond motifs is 3. The van der Waals surface area contributed by atoms with Gasteiger partial charge in [-0.3, -0.25) is 0 Å². The molecule has 0 saturated carbocycles. The van der Waals surface area contributed by atoms with Gasteiger partial charge in [0, 0.05) is 18.9 Å². The Labute approximate surface area is 94.7 Å². The molecule has 0 radical (unpaired) electrons. The molecule has 3 saturated heterocycles. The molecule has 4 rings (SSSR count). The third-order valence-electron chi connectivity index (χ3n) is 3.77. The fourth-order valence-corrected chi connectivity index (χ4v) is 3.72. The lowest BCUT2D eigenvalue weighted by Gasteiger charge is -2.43. The van der Waals surface area contributed by atoms with E-state index in [4.69, 9.17) is 0 Å². The zero-order valence-corrected chi connectivity index (χ0v) is 9.96. The van der Waals surface area contributed by atoms with E-state index < -0.39 is 0 Å². The molecular formula is C11H17N3S. The number of nitrogens with zero attached hydrogens (tertiary/aromatic N) is 3. The van der Waals surface area contributed by atoms with Crippen LogP contribution in [0.15, 0.2) is 0 Å². The average molecular weight is 223 g/mol. The highest BCUT2D eigenvalue weighted by molar-refractivity contribution is 7.05. The second kappa shape index (κ2) is 3.83. The predicted octanol–water partition coefficient (Wildman–Crippen LogP) is 1.91. The Morgan fingerprint density at radius 1 is 1.40 bits per heavy atom. The highest BCUT2D eigenvalue weighted by Crippen LogP contribution is 2.39. The van der Waals surface area contributed by atoms with E-state index in [1.807, 2.05) is 0 Å². The predicted molar refractivity (Wildman–Crippen MR) is 61.2 cm³/mol. The number of piperidine rings is 3. The molecule has 4 heterocycles. The Hall–Kier alpha value is -0.480. The lowest BCUT2D eigenvalue weighted by molar-refractivity contribution is 0.0869. The monoisotopic (exact) mass is 223 g/mol. The average Bonchev–Trinajstić information content (AvgIpc) is 2.79. The summed E-state index contributed by atoms with van der Waals surface area (Å²) < 4.78 is 4.41. The van der Waals surface area contributed by atoms with Crippen LogP contribution in [0.1, 0.15) is 36.5 Å². The standard InChI is InChI=1S/C11H17N3S/c1-2-10-12-11(15-13-10)9-7-14-5-3-8(9)4-6-14/h8-9H,2-7H2,1H3. The van der Waals surface area contributed by atoms with Gasteiger partial charge in [-0.15, -0.1) is 0 Å². The van der Waals surface area contributed by atoms with Crippen molar-refractivity contribution >= 4 is 11.5 Å². The molecule has 82 valence electrons. The van der Waals surface area contributed by atoms with Gasteiger partial charge in [-0.2, -0.15) is 4.37 Å². The summed E-state index contributed by atoms with van der Waals surface area (Å²) in [4.78, 5) is 7.23. The van der Waals surface area contributed by atoms with Crippen LogP contribution in [0.2, 0.25) is 0 Å². The molecule has 15 heavy (non-hydrogen) atoms. The van der Waals surface area contributed by atoms with Crippen LogP contribution in [0, 0.1) is 5.92 Å². The topological polar surface area (TPSA) is 29.0 Å². The third kappa shape index (κ3) is 1.70. The number of rotatable bonds is 2. The van der Waals surface area contributed by atoms with Gasteiger partial charge in [0.1, 0.15) is 10.8 Å². The summed E-state index contributed by atoms with van der Waals surface area (Å²) in [5.41, 5.74) is 0. The number of aromatic nitrogens is 2. The molecule has 0 aliphatic carbocycles. The first-order valence-electron chi connectivity index (χ1n) is 5.91. The molecule has 3 fully saturated rings. The Bertz CT molecular complexity index is 341. The van der Waals surface area contributed by atoms with Crippen LogP contribution in [0.25, 0.3) is 0 Å². The van der Waals surface area contributed by atoms with Crippen molar-refractivity contribution in [2.45, 2.75) is 32.1 Å². The van der Waals surface area contributed by atoms with Crippen LogP contribution in [0.3, 0.4) is 0 Å². The van der Waals surface area contributed by atoms with Gasteiger partial charge < -0.3 is 4.90 Å². The van der Waals surface area contributed by atoms with Crippen LogP contribution in [0.5, 0.6) is 0 Å². The van der Waals surface area contributed by atoms with Crippen molar-refractivity contribution in [3.63, 3.8) is 0 Å². The molecule has 4 heteroatoms. The van der Waals surface area contributed by atoms with E-state index in [1.165, 1.54) is 37.5 Å². The zero-order valence-electron chi connectivity index (χ0n) is 9.15. The van der Waals surface area contributed by atoms with E-state index >= 15 is 0 Å². The summed E-state index contributed by atoms with van der Waals surface area (Å²) in [5.74, 6) is 2.60. The summed E-state index contributed by atoms with van der Waals surface area (Å²) in [5, 5.41) is 1.29. The van der Waals surface area contributed by atoms with E-state index in [1.54, 1.807) is 11.5 Å². The molecule has 1 unspecified atom stereocenters. The van der Waals surface area contributed by atoms with Crippen molar-refractivity contribution in [2.75, 3.05) is 19.6 Å². The van der Waals surface area contributed by atoms with Gasteiger partial charge in [-0.1, -0.05) is 6.92 Å². The van der Waals surface area contributed by atoms with Crippen molar-refractivity contribution in [1.82, 2.24) is 14.3 Å². The van der Waals surface area contributed by atoms with Crippen molar-refractivity contribution < 1.29 is 0 Å². The van der Waals surface area contributed by atoms with Crippen molar-refractivity contribution in [3.05, 3.63) is 10.8 Å². The highest BCUT2D eigenvalue weighted by Gasteiger charge is 2.36. The molecule has 3 aliphatic rings. The number of hydrogen-bond acceptors (Lipinski definition) is 4. The van der Waals surface area contributed by atoms with E-state index in [2.05, 4.69) is 21.2 Å². The molecule has 0 N–H and O–H groups in total. The Kier molecular flexibility index (Phi) is 2.48. The lowest BCUT2D eigenvalue weighted by Crippen LogP contribution is -2.46.